The van der Waals surface area contributed by atoms with Crippen molar-refractivity contribution in [3.8, 4) is 0 Å². The Morgan fingerprint density at radius 2 is 1.48 bits per heavy atom. The molecular weight excluding hydrogens is 384 g/mol. The van der Waals surface area contributed by atoms with Gasteiger partial charge in [-0.3, -0.25) is 0 Å². The Hall–Kier alpha value is -1.19. The van der Waals surface area contributed by atoms with Crippen LogP contribution in [0.15, 0.2) is 24.3 Å². The van der Waals surface area contributed by atoms with E-state index in [9.17, 15) is 26.0 Å². The summed E-state index contributed by atoms with van der Waals surface area (Å²) >= 11 is 0. The van der Waals surface area contributed by atoms with E-state index in [1.54, 1.807) is 0 Å². The van der Waals surface area contributed by atoms with Crippen LogP contribution in [0.3, 0.4) is 0 Å². The summed E-state index contributed by atoms with van der Waals surface area (Å²) in [7, 11) is -5.20. The lowest BCUT2D eigenvalue weighted by Crippen LogP contribution is -2.46. The van der Waals surface area contributed by atoms with E-state index in [4.69, 9.17) is 0 Å². The summed E-state index contributed by atoms with van der Waals surface area (Å²) in [5.74, 6) is 0.378. The molecule has 0 aromatic heterocycles. The maximum atomic E-state index is 13.0. The highest BCUT2D eigenvalue weighted by molar-refractivity contribution is 7.90. The lowest BCUT2D eigenvalue weighted by atomic mass is 9.88. The molecule has 0 bridgehead atoms. The van der Waals surface area contributed by atoms with Gasteiger partial charge in [0.05, 0.1) is 0 Å². The van der Waals surface area contributed by atoms with Gasteiger partial charge < -0.3 is 4.90 Å². The molecule has 4 nitrogen and oxygen atoms in total. The largest absolute Gasteiger partial charge is 0.511 e. The van der Waals surface area contributed by atoms with Gasteiger partial charge in [-0.1, -0.05) is 12.1 Å². The fourth-order valence-electron chi connectivity index (χ4n) is 4.03. The minimum atomic E-state index is -5.22. The second kappa shape index (κ2) is 8.05. The van der Waals surface area contributed by atoms with Gasteiger partial charge >= 0.3 is 15.5 Å². The van der Waals surface area contributed by atoms with Crippen LogP contribution in [0.25, 0.3) is 0 Å². The molecule has 0 saturated carbocycles. The van der Waals surface area contributed by atoms with Gasteiger partial charge in [-0.2, -0.15) is 17.5 Å². The number of likely N-dealkylation sites (tertiary alicyclic amines) is 1. The predicted molar refractivity (Wildman–Crippen MR) is 94.1 cm³/mol. The highest BCUT2D eigenvalue weighted by Crippen LogP contribution is 2.32. The van der Waals surface area contributed by atoms with Crippen molar-refractivity contribution in [3.05, 3.63) is 35.6 Å². The number of hydrogen-bond donors (Lipinski definition) is 0. The molecular formula is C18H24F4N2O2S. The van der Waals surface area contributed by atoms with E-state index in [0.717, 1.165) is 38.0 Å². The van der Waals surface area contributed by atoms with Crippen molar-refractivity contribution in [1.29, 1.82) is 0 Å². The maximum absolute atomic E-state index is 13.0. The molecule has 0 amide bonds. The predicted octanol–water partition coefficient (Wildman–Crippen LogP) is 3.57. The number of benzene rings is 1. The van der Waals surface area contributed by atoms with Gasteiger partial charge in [0.1, 0.15) is 5.82 Å². The van der Waals surface area contributed by atoms with Gasteiger partial charge in [0, 0.05) is 19.6 Å². The molecule has 9 heteroatoms. The normalized spacial score (nSPS) is 22.2. The average molecular weight is 408 g/mol. The molecule has 0 N–H and O–H groups in total. The van der Waals surface area contributed by atoms with Crippen LogP contribution in [0.5, 0.6) is 0 Å². The number of nitrogens with zero attached hydrogens (tertiary/aromatic N) is 2. The monoisotopic (exact) mass is 408 g/mol. The Balaban J connectivity index is 1.45. The Labute approximate surface area is 157 Å². The Kier molecular flexibility index (Phi) is 6.12. The second-order valence-electron chi connectivity index (χ2n) is 7.42. The summed E-state index contributed by atoms with van der Waals surface area (Å²) in [6, 6.07) is 6.61. The summed E-state index contributed by atoms with van der Waals surface area (Å²) in [4.78, 5) is 2.30. The molecule has 2 aliphatic rings. The van der Waals surface area contributed by atoms with E-state index < -0.39 is 15.5 Å². The molecule has 3 rings (SSSR count). The highest BCUT2D eigenvalue weighted by Gasteiger charge is 2.50. The van der Waals surface area contributed by atoms with E-state index in [0.29, 0.717) is 23.1 Å². The summed E-state index contributed by atoms with van der Waals surface area (Å²) in [6.07, 6.45) is 2.83. The average Bonchev–Trinajstić information content (AvgIpc) is 2.63. The molecule has 0 aliphatic carbocycles. The fraction of sp³-hybridized carbons (Fsp3) is 0.667. The Morgan fingerprint density at radius 3 is 2.00 bits per heavy atom. The third-order valence-electron chi connectivity index (χ3n) is 5.65. The number of sulfonamides is 1. The molecule has 152 valence electrons. The quantitative estimate of drug-likeness (QED) is 0.716. The van der Waals surface area contributed by atoms with Gasteiger partial charge in [0.25, 0.3) is 0 Å². The number of rotatable bonds is 4. The van der Waals surface area contributed by atoms with Crippen molar-refractivity contribution >= 4 is 10.0 Å². The lowest BCUT2D eigenvalue weighted by Gasteiger charge is -2.37. The molecule has 0 unspecified atom stereocenters. The lowest BCUT2D eigenvalue weighted by molar-refractivity contribution is -0.0498. The van der Waals surface area contributed by atoms with Crippen molar-refractivity contribution in [2.24, 2.45) is 5.92 Å². The van der Waals surface area contributed by atoms with Crippen molar-refractivity contribution in [3.63, 3.8) is 0 Å². The van der Waals surface area contributed by atoms with Gasteiger partial charge in [-0.25, -0.2) is 12.8 Å². The van der Waals surface area contributed by atoms with Crippen molar-refractivity contribution in [1.82, 2.24) is 9.21 Å². The van der Waals surface area contributed by atoms with Crippen molar-refractivity contribution in [2.45, 2.75) is 37.1 Å². The first-order valence-corrected chi connectivity index (χ1v) is 10.6. The molecule has 1 aromatic rings. The van der Waals surface area contributed by atoms with Gasteiger partial charge in [-0.05, 0) is 68.3 Å². The van der Waals surface area contributed by atoms with Crippen LogP contribution in [-0.4, -0.2) is 55.9 Å². The van der Waals surface area contributed by atoms with Crippen molar-refractivity contribution < 1.29 is 26.0 Å². The summed E-state index contributed by atoms with van der Waals surface area (Å²) in [6.45, 7) is 2.43. The molecule has 27 heavy (non-hydrogen) atoms. The number of piperidine rings is 2. The summed E-state index contributed by atoms with van der Waals surface area (Å²) < 4.78 is 74.4. The molecule has 2 fully saturated rings. The van der Waals surface area contributed by atoms with Gasteiger partial charge in [0.2, 0.25) is 0 Å². The zero-order valence-electron chi connectivity index (χ0n) is 15.0. The smallest absolute Gasteiger partial charge is 0.303 e. The third-order valence-corrected chi connectivity index (χ3v) is 7.28. The number of halogens is 4. The number of alkyl halides is 3. The van der Waals surface area contributed by atoms with E-state index in [2.05, 4.69) is 4.90 Å². The van der Waals surface area contributed by atoms with Crippen molar-refractivity contribution in [2.75, 3.05) is 32.7 Å². The number of hydrogen-bond acceptors (Lipinski definition) is 3. The van der Waals surface area contributed by atoms with Crippen LogP contribution >= 0.6 is 0 Å². The van der Waals surface area contributed by atoms with Crippen LogP contribution in [0.2, 0.25) is 0 Å². The Morgan fingerprint density at radius 1 is 0.926 bits per heavy atom. The highest BCUT2D eigenvalue weighted by atomic mass is 32.2. The van der Waals surface area contributed by atoms with Crippen LogP contribution in [0.1, 0.15) is 37.2 Å². The first kappa shape index (κ1) is 20.5. The van der Waals surface area contributed by atoms with Crippen LogP contribution in [-0.2, 0) is 10.0 Å². The minimum absolute atomic E-state index is 0.0709. The third kappa shape index (κ3) is 4.81. The first-order chi connectivity index (χ1) is 12.7. The van der Waals surface area contributed by atoms with Gasteiger partial charge in [-0.15, -0.1) is 0 Å². The van der Waals surface area contributed by atoms with Crippen LogP contribution in [0.4, 0.5) is 17.6 Å². The Bertz CT molecular complexity index is 721. The standard InChI is InChI=1S/C18H24F4N2O2S/c19-17-3-1-15(2-4-17)16-7-9-23(10-8-16)13-14-5-11-24(12-6-14)27(25,26)18(20,21)22/h1-4,14,16H,5-13H2. The SMILES string of the molecule is O=S(=O)(N1CCC(CN2CCC(c3ccc(F)cc3)CC2)CC1)C(F)(F)F. The van der Waals surface area contributed by atoms with Gasteiger partial charge in [0.15, 0.2) is 0 Å². The zero-order chi connectivity index (χ0) is 19.7. The van der Waals surface area contributed by atoms with E-state index in [1.807, 2.05) is 12.1 Å². The van der Waals surface area contributed by atoms with E-state index in [-0.39, 0.29) is 24.8 Å². The van der Waals surface area contributed by atoms with E-state index >= 15 is 0 Å². The zero-order valence-corrected chi connectivity index (χ0v) is 15.8. The molecule has 0 spiro atoms. The fourth-order valence-corrected chi connectivity index (χ4v) is 5.01. The molecule has 0 radical (unpaired) electrons. The maximum Gasteiger partial charge on any atom is 0.511 e. The first-order valence-electron chi connectivity index (χ1n) is 9.21. The minimum Gasteiger partial charge on any atom is -0.303 e. The summed E-state index contributed by atoms with van der Waals surface area (Å²) in [5.41, 5.74) is -4.08. The van der Waals surface area contributed by atoms with Crippen LogP contribution < -0.4 is 0 Å². The topological polar surface area (TPSA) is 40.6 Å². The van der Waals surface area contributed by atoms with Crippen LogP contribution in [0, 0.1) is 11.7 Å². The molecule has 2 saturated heterocycles. The second-order valence-corrected chi connectivity index (χ2v) is 9.35. The molecule has 1 aromatic carbocycles. The molecule has 2 aliphatic heterocycles. The van der Waals surface area contributed by atoms with E-state index in [1.165, 1.54) is 12.1 Å². The molecule has 0 atom stereocenters. The molecule has 2 heterocycles. The summed E-state index contributed by atoms with van der Waals surface area (Å²) in [5, 5.41) is 0.